The number of carbonyl (C=O) groups is 2. The highest BCUT2D eigenvalue weighted by Crippen LogP contribution is 2.22. The molecule has 98 valence electrons. The molecule has 0 saturated heterocycles. The van der Waals surface area contributed by atoms with Crippen molar-refractivity contribution in [3.63, 3.8) is 0 Å². The lowest BCUT2D eigenvalue weighted by atomic mass is 9.96. The number of benzene rings is 1. The Kier molecular flexibility index (Phi) is 4.06. The van der Waals surface area contributed by atoms with Gasteiger partial charge in [-0.25, -0.2) is 4.39 Å². The van der Waals surface area contributed by atoms with Gasteiger partial charge < -0.3 is 9.47 Å². The fraction of sp³-hybridized carbons (Fsp3) is 0.385. The summed E-state index contributed by atoms with van der Waals surface area (Å²) in [6.45, 7) is 4.11. The minimum atomic E-state index is -1.34. The van der Waals surface area contributed by atoms with Crippen molar-refractivity contribution in [2.75, 3.05) is 7.11 Å². The third kappa shape index (κ3) is 3.29. The number of ketones is 1. The molecule has 1 aromatic rings. The van der Waals surface area contributed by atoms with Crippen LogP contribution >= 0.6 is 0 Å². The zero-order valence-corrected chi connectivity index (χ0v) is 10.7. The molecular weight excluding hydrogens is 239 g/mol. The summed E-state index contributed by atoms with van der Waals surface area (Å²) in [5.74, 6) is -1.42. The van der Waals surface area contributed by atoms with Crippen LogP contribution < -0.4 is 4.74 Å². The van der Waals surface area contributed by atoms with E-state index < -0.39 is 23.2 Å². The van der Waals surface area contributed by atoms with E-state index in [1.54, 1.807) is 0 Å². The van der Waals surface area contributed by atoms with Crippen molar-refractivity contribution >= 4 is 11.8 Å². The molecule has 0 aliphatic heterocycles. The number of hydrogen-bond donors (Lipinski definition) is 0. The molecule has 0 bridgehead atoms. The Hall–Kier alpha value is -1.91. The first-order valence-corrected chi connectivity index (χ1v) is 5.35. The summed E-state index contributed by atoms with van der Waals surface area (Å²) in [5, 5.41) is 0. The second-order valence-electron chi connectivity index (χ2n) is 4.31. The van der Waals surface area contributed by atoms with Gasteiger partial charge in [0.05, 0.1) is 7.11 Å². The Morgan fingerprint density at radius 1 is 1.22 bits per heavy atom. The molecule has 0 heterocycles. The zero-order valence-electron chi connectivity index (χ0n) is 10.7. The second kappa shape index (κ2) is 5.16. The first-order chi connectivity index (χ1) is 8.26. The molecule has 0 aliphatic rings. The molecule has 18 heavy (non-hydrogen) atoms. The van der Waals surface area contributed by atoms with Gasteiger partial charge in [0.2, 0.25) is 5.78 Å². The summed E-state index contributed by atoms with van der Waals surface area (Å²) in [7, 11) is 1.38. The Morgan fingerprint density at radius 2 is 1.83 bits per heavy atom. The molecule has 0 fully saturated rings. The first kappa shape index (κ1) is 14.2. The largest absolute Gasteiger partial charge is 0.497 e. The number of rotatable bonds is 4. The Labute approximate surface area is 105 Å². The van der Waals surface area contributed by atoms with Crippen molar-refractivity contribution in [1.82, 2.24) is 0 Å². The highest BCUT2D eigenvalue weighted by Gasteiger charge is 2.32. The number of esters is 1. The van der Waals surface area contributed by atoms with Gasteiger partial charge in [-0.05, 0) is 26.0 Å². The van der Waals surface area contributed by atoms with Crippen LogP contribution in [0.15, 0.2) is 18.2 Å². The third-order valence-electron chi connectivity index (χ3n) is 2.31. The quantitative estimate of drug-likeness (QED) is 0.611. The predicted octanol–water partition coefficient (Wildman–Crippen LogP) is 2.36. The molecule has 4 nitrogen and oxygen atoms in total. The summed E-state index contributed by atoms with van der Waals surface area (Å²) in [5.41, 5.74) is -1.25. The van der Waals surface area contributed by atoms with Gasteiger partial charge in [0, 0.05) is 18.6 Å². The van der Waals surface area contributed by atoms with Crippen molar-refractivity contribution < 1.29 is 23.5 Å². The number of hydrogen-bond acceptors (Lipinski definition) is 4. The molecule has 0 atom stereocenters. The van der Waals surface area contributed by atoms with E-state index in [0.717, 1.165) is 12.1 Å². The summed E-state index contributed by atoms with van der Waals surface area (Å²) in [4.78, 5) is 23.0. The molecule has 0 unspecified atom stereocenters. The van der Waals surface area contributed by atoms with Gasteiger partial charge in [0.15, 0.2) is 5.60 Å². The van der Waals surface area contributed by atoms with Crippen molar-refractivity contribution in [2.24, 2.45) is 0 Å². The second-order valence-corrected chi connectivity index (χ2v) is 4.31. The van der Waals surface area contributed by atoms with E-state index >= 15 is 0 Å². The van der Waals surface area contributed by atoms with E-state index in [2.05, 4.69) is 0 Å². The minimum absolute atomic E-state index is 0.0955. The highest BCUT2D eigenvalue weighted by atomic mass is 19.1. The maximum Gasteiger partial charge on any atom is 0.303 e. The van der Waals surface area contributed by atoms with E-state index in [-0.39, 0.29) is 11.3 Å². The standard InChI is InChI=1S/C13H15FO4/c1-8(15)18-13(2,3)12(16)9-5-10(14)7-11(6-9)17-4/h5-7H,1-4H3. The monoisotopic (exact) mass is 254 g/mol. The number of Topliss-reactive ketones (excluding diaryl/α,β-unsaturated/α-hetero) is 1. The van der Waals surface area contributed by atoms with Gasteiger partial charge in [-0.1, -0.05) is 0 Å². The molecular formula is C13H15FO4. The van der Waals surface area contributed by atoms with E-state index in [0.29, 0.717) is 0 Å². The number of methoxy groups -OCH3 is 1. The smallest absolute Gasteiger partial charge is 0.303 e. The lowest BCUT2D eigenvalue weighted by Gasteiger charge is -2.23. The van der Waals surface area contributed by atoms with Crippen molar-refractivity contribution in [2.45, 2.75) is 26.4 Å². The Balaban J connectivity index is 3.10. The zero-order chi connectivity index (χ0) is 13.9. The summed E-state index contributed by atoms with van der Waals surface area (Å²) in [6.07, 6.45) is 0. The summed E-state index contributed by atoms with van der Waals surface area (Å²) < 4.78 is 23.1. The van der Waals surface area contributed by atoms with Crippen LogP contribution in [0.3, 0.4) is 0 Å². The number of halogens is 1. The first-order valence-electron chi connectivity index (χ1n) is 5.35. The van der Waals surface area contributed by atoms with Gasteiger partial charge in [-0.15, -0.1) is 0 Å². The normalized spacial score (nSPS) is 10.9. The Bertz CT molecular complexity index is 480. The van der Waals surface area contributed by atoms with Crippen LogP contribution in [-0.4, -0.2) is 24.5 Å². The molecule has 1 aromatic carbocycles. The van der Waals surface area contributed by atoms with Gasteiger partial charge in [-0.3, -0.25) is 9.59 Å². The van der Waals surface area contributed by atoms with Crippen LogP contribution in [0.4, 0.5) is 4.39 Å². The number of carbonyl (C=O) groups excluding carboxylic acids is 2. The summed E-state index contributed by atoms with van der Waals surface area (Å²) >= 11 is 0. The minimum Gasteiger partial charge on any atom is -0.497 e. The van der Waals surface area contributed by atoms with E-state index in [1.165, 1.54) is 33.9 Å². The molecule has 0 amide bonds. The predicted molar refractivity (Wildman–Crippen MR) is 63.1 cm³/mol. The molecule has 0 aliphatic carbocycles. The van der Waals surface area contributed by atoms with Crippen LogP contribution in [0, 0.1) is 5.82 Å². The average Bonchev–Trinajstić information content (AvgIpc) is 2.25. The highest BCUT2D eigenvalue weighted by molar-refractivity contribution is 6.03. The van der Waals surface area contributed by atoms with Crippen molar-refractivity contribution in [3.8, 4) is 5.75 Å². The maximum absolute atomic E-state index is 13.3. The third-order valence-corrected chi connectivity index (χ3v) is 2.31. The van der Waals surface area contributed by atoms with Gasteiger partial charge >= 0.3 is 5.97 Å². The molecule has 0 N–H and O–H groups in total. The molecule has 0 radical (unpaired) electrons. The van der Waals surface area contributed by atoms with Crippen molar-refractivity contribution in [3.05, 3.63) is 29.6 Å². The van der Waals surface area contributed by atoms with E-state index in [9.17, 15) is 14.0 Å². The average molecular weight is 254 g/mol. The molecule has 0 saturated carbocycles. The van der Waals surface area contributed by atoms with Gasteiger partial charge in [-0.2, -0.15) is 0 Å². The lowest BCUT2D eigenvalue weighted by molar-refractivity contribution is -0.149. The Morgan fingerprint density at radius 3 is 2.33 bits per heavy atom. The maximum atomic E-state index is 13.3. The molecule has 1 rings (SSSR count). The fourth-order valence-corrected chi connectivity index (χ4v) is 1.56. The fourth-order valence-electron chi connectivity index (χ4n) is 1.56. The number of ether oxygens (including phenoxy) is 2. The SMILES string of the molecule is COc1cc(F)cc(C(=O)C(C)(C)OC(C)=O)c1. The van der Waals surface area contributed by atoms with Crippen LogP contribution in [0.25, 0.3) is 0 Å². The molecule has 0 aromatic heterocycles. The van der Waals surface area contributed by atoms with Gasteiger partial charge in [0.25, 0.3) is 0 Å². The van der Waals surface area contributed by atoms with E-state index in [4.69, 9.17) is 9.47 Å². The molecule has 5 heteroatoms. The van der Waals surface area contributed by atoms with Crippen LogP contribution in [0.1, 0.15) is 31.1 Å². The van der Waals surface area contributed by atoms with Crippen LogP contribution in [-0.2, 0) is 9.53 Å². The van der Waals surface area contributed by atoms with Crippen LogP contribution in [0.5, 0.6) is 5.75 Å². The van der Waals surface area contributed by atoms with E-state index in [1.807, 2.05) is 0 Å². The van der Waals surface area contributed by atoms with Crippen molar-refractivity contribution in [1.29, 1.82) is 0 Å². The lowest BCUT2D eigenvalue weighted by Crippen LogP contribution is -2.36. The van der Waals surface area contributed by atoms with Crippen LogP contribution in [0.2, 0.25) is 0 Å². The topological polar surface area (TPSA) is 52.6 Å². The molecule has 0 spiro atoms. The summed E-state index contributed by atoms with van der Waals surface area (Å²) in [6, 6.07) is 3.64. The van der Waals surface area contributed by atoms with Gasteiger partial charge in [0.1, 0.15) is 11.6 Å².